The average Bonchev–Trinajstić information content (AvgIpc) is 3.05. The maximum Gasteiger partial charge on any atom is 0.242 e. The summed E-state index contributed by atoms with van der Waals surface area (Å²) in [5.41, 5.74) is 3.83. The van der Waals surface area contributed by atoms with Gasteiger partial charge in [0.25, 0.3) is 0 Å². The third-order valence-corrected chi connectivity index (χ3v) is 4.80. The van der Waals surface area contributed by atoms with Gasteiger partial charge >= 0.3 is 0 Å². The van der Waals surface area contributed by atoms with Crippen molar-refractivity contribution in [1.82, 2.24) is 24.4 Å². The highest BCUT2D eigenvalue weighted by Crippen LogP contribution is 2.25. The first-order valence-electron chi connectivity index (χ1n) is 8.67. The van der Waals surface area contributed by atoms with Gasteiger partial charge in [-0.3, -0.25) is 14.8 Å². The number of para-hydroxylation sites is 2. The molecular formula is C19H21N5O. The Hall–Kier alpha value is -2.76. The van der Waals surface area contributed by atoms with Crippen molar-refractivity contribution in [3.05, 3.63) is 54.4 Å². The van der Waals surface area contributed by atoms with E-state index in [1.165, 1.54) is 0 Å². The van der Waals surface area contributed by atoms with Crippen LogP contribution in [0.5, 0.6) is 0 Å². The molecule has 1 atom stereocenters. The second-order valence-electron chi connectivity index (χ2n) is 6.63. The van der Waals surface area contributed by atoms with E-state index in [-0.39, 0.29) is 11.8 Å². The summed E-state index contributed by atoms with van der Waals surface area (Å²) in [7, 11) is 0. The zero-order valence-electron chi connectivity index (χ0n) is 14.3. The average molecular weight is 335 g/mol. The zero-order valence-corrected chi connectivity index (χ0v) is 14.3. The Morgan fingerprint density at radius 1 is 1.28 bits per heavy atom. The molecule has 1 aromatic carbocycles. The van der Waals surface area contributed by atoms with E-state index < -0.39 is 0 Å². The molecule has 1 aliphatic heterocycles. The van der Waals surface area contributed by atoms with Crippen LogP contribution in [0.2, 0.25) is 0 Å². The molecule has 0 unspecified atom stereocenters. The van der Waals surface area contributed by atoms with Crippen molar-refractivity contribution in [1.29, 1.82) is 0 Å². The van der Waals surface area contributed by atoms with Gasteiger partial charge in [-0.1, -0.05) is 12.1 Å². The van der Waals surface area contributed by atoms with Crippen LogP contribution in [-0.2, 0) is 11.3 Å². The fourth-order valence-electron chi connectivity index (χ4n) is 3.51. The lowest BCUT2D eigenvalue weighted by molar-refractivity contribution is -0.133. The van der Waals surface area contributed by atoms with Gasteiger partial charge in [0.05, 0.1) is 28.7 Å². The first-order valence-corrected chi connectivity index (χ1v) is 8.67. The Morgan fingerprint density at radius 2 is 2.16 bits per heavy atom. The number of fused-ring (bicyclic) bond motifs is 1. The number of hydrogen-bond acceptors (Lipinski definition) is 4. The van der Waals surface area contributed by atoms with Crippen LogP contribution in [0.15, 0.2) is 43.0 Å². The SMILES string of the molecule is Cc1cncc([C@@H]2CCCN(C(=O)Cn3cnc4ccccc43)C2)n1. The van der Waals surface area contributed by atoms with E-state index >= 15 is 0 Å². The molecule has 1 aliphatic rings. The number of amides is 1. The summed E-state index contributed by atoms with van der Waals surface area (Å²) in [6.45, 7) is 3.80. The maximum absolute atomic E-state index is 12.8. The van der Waals surface area contributed by atoms with Crippen molar-refractivity contribution in [2.24, 2.45) is 0 Å². The van der Waals surface area contributed by atoms with Crippen LogP contribution in [0.25, 0.3) is 11.0 Å². The Labute approximate surface area is 146 Å². The molecular weight excluding hydrogens is 314 g/mol. The second-order valence-corrected chi connectivity index (χ2v) is 6.63. The zero-order chi connectivity index (χ0) is 17.2. The lowest BCUT2D eigenvalue weighted by atomic mass is 9.95. The molecule has 0 spiro atoms. The minimum absolute atomic E-state index is 0.133. The number of piperidine rings is 1. The third kappa shape index (κ3) is 3.24. The van der Waals surface area contributed by atoms with Crippen molar-refractivity contribution >= 4 is 16.9 Å². The molecule has 1 amide bonds. The van der Waals surface area contributed by atoms with E-state index in [1.807, 2.05) is 46.9 Å². The van der Waals surface area contributed by atoms with Gasteiger partial charge in [-0.25, -0.2) is 4.98 Å². The fourth-order valence-corrected chi connectivity index (χ4v) is 3.51. The number of carbonyl (C=O) groups excluding carboxylic acids is 1. The van der Waals surface area contributed by atoms with Crippen LogP contribution in [-0.4, -0.2) is 43.4 Å². The van der Waals surface area contributed by atoms with E-state index in [0.717, 1.165) is 41.8 Å². The third-order valence-electron chi connectivity index (χ3n) is 4.80. The van der Waals surface area contributed by atoms with Crippen LogP contribution in [0.3, 0.4) is 0 Å². The van der Waals surface area contributed by atoms with Crippen molar-refractivity contribution in [3.8, 4) is 0 Å². The van der Waals surface area contributed by atoms with Crippen LogP contribution in [0, 0.1) is 6.92 Å². The molecule has 0 saturated carbocycles. The first-order chi connectivity index (χ1) is 12.2. The fraction of sp³-hybridized carbons (Fsp3) is 0.368. The number of hydrogen-bond donors (Lipinski definition) is 0. The number of aryl methyl sites for hydroxylation is 1. The van der Waals surface area contributed by atoms with Crippen LogP contribution >= 0.6 is 0 Å². The molecule has 3 aromatic rings. The Morgan fingerprint density at radius 3 is 3.04 bits per heavy atom. The van der Waals surface area contributed by atoms with E-state index in [2.05, 4.69) is 15.0 Å². The standard InChI is InChI=1S/C19H21N5O/c1-14-9-20-10-17(22-14)15-5-4-8-23(11-15)19(25)12-24-13-21-16-6-2-3-7-18(16)24/h2-3,6-7,9-10,13,15H,4-5,8,11-12H2,1H3/t15-/m1/s1. The molecule has 2 aromatic heterocycles. The second kappa shape index (κ2) is 6.63. The monoisotopic (exact) mass is 335 g/mol. The number of imidazole rings is 1. The van der Waals surface area contributed by atoms with Crippen LogP contribution < -0.4 is 0 Å². The number of benzene rings is 1. The molecule has 1 saturated heterocycles. The quantitative estimate of drug-likeness (QED) is 0.738. The van der Waals surface area contributed by atoms with Gasteiger partial charge in [0.1, 0.15) is 6.54 Å². The summed E-state index contributed by atoms with van der Waals surface area (Å²) in [5.74, 6) is 0.401. The van der Waals surface area contributed by atoms with E-state index in [0.29, 0.717) is 13.1 Å². The molecule has 0 bridgehead atoms. The normalized spacial score (nSPS) is 17.8. The van der Waals surface area contributed by atoms with Crippen molar-refractivity contribution in [3.63, 3.8) is 0 Å². The smallest absolute Gasteiger partial charge is 0.242 e. The molecule has 0 N–H and O–H groups in total. The summed E-state index contributed by atoms with van der Waals surface area (Å²) >= 11 is 0. The number of nitrogens with zero attached hydrogens (tertiary/aromatic N) is 5. The Balaban J connectivity index is 1.48. The number of carbonyl (C=O) groups is 1. The minimum Gasteiger partial charge on any atom is -0.340 e. The summed E-state index contributed by atoms with van der Waals surface area (Å²) in [6, 6.07) is 7.89. The Bertz CT molecular complexity index is 903. The summed E-state index contributed by atoms with van der Waals surface area (Å²) in [6.07, 6.45) is 7.39. The van der Waals surface area contributed by atoms with Gasteiger partial charge in [0, 0.05) is 31.4 Å². The van der Waals surface area contributed by atoms with E-state index in [9.17, 15) is 4.79 Å². The lowest BCUT2D eigenvalue weighted by Gasteiger charge is -2.32. The predicted octanol–water partition coefficient (Wildman–Crippen LogP) is 2.54. The molecule has 3 heterocycles. The van der Waals surface area contributed by atoms with Crippen LogP contribution in [0.1, 0.15) is 30.1 Å². The molecule has 6 heteroatoms. The van der Waals surface area contributed by atoms with E-state index in [1.54, 1.807) is 12.5 Å². The van der Waals surface area contributed by atoms with Gasteiger partial charge in [0.2, 0.25) is 5.91 Å². The van der Waals surface area contributed by atoms with Crippen molar-refractivity contribution < 1.29 is 4.79 Å². The molecule has 25 heavy (non-hydrogen) atoms. The van der Waals surface area contributed by atoms with Gasteiger partial charge in [-0.15, -0.1) is 0 Å². The molecule has 0 radical (unpaired) electrons. The topological polar surface area (TPSA) is 63.9 Å². The van der Waals surface area contributed by atoms with Crippen molar-refractivity contribution in [2.75, 3.05) is 13.1 Å². The van der Waals surface area contributed by atoms with Gasteiger partial charge in [-0.2, -0.15) is 0 Å². The van der Waals surface area contributed by atoms with Gasteiger partial charge < -0.3 is 9.47 Å². The highest BCUT2D eigenvalue weighted by molar-refractivity contribution is 5.80. The largest absolute Gasteiger partial charge is 0.340 e. The van der Waals surface area contributed by atoms with Crippen molar-refractivity contribution in [2.45, 2.75) is 32.2 Å². The summed E-state index contributed by atoms with van der Waals surface area (Å²) in [5, 5.41) is 0. The number of likely N-dealkylation sites (tertiary alicyclic amines) is 1. The highest BCUT2D eigenvalue weighted by Gasteiger charge is 2.26. The Kier molecular flexibility index (Phi) is 4.17. The van der Waals surface area contributed by atoms with Gasteiger partial charge in [-0.05, 0) is 31.9 Å². The summed E-state index contributed by atoms with van der Waals surface area (Å²) in [4.78, 5) is 27.9. The molecule has 4 rings (SSSR count). The first kappa shape index (κ1) is 15.7. The minimum atomic E-state index is 0.133. The molecule has 128 valence electrons. The summed E-state index contributed by atoms with van der Waals surface area (Å²) < 4.78 is 1.92. The highest BCUT2D eigenvalue weighted by atomic mass is 16.2. The van der Waals surface area contributed by atoms with E-state index in [4.69, 9.17) is 0 Å². The number of aromatic nitrogens is 4. The predicted molar refractivity (Wildman–Crippen MR) is 95.1 cm³/mol. The maximum atomic E-state index is 12.8. The molecule has 6 nitrogen and oxygen atoms in total. The number of rotatable bonds is 3. The van der Waals surface area contributed by atoms with Gasteiger partial charge in [0.15, 0.2) is 0 Å². The molecule has 1 fully saturated rings. The molecule has 0 aliphatic carbocycles. The lowest BCUT2D eigenvalue weighted by Crippen LogP contribution is -2.41. The van der Waals surface area contributed by atoms with Crippen LogP contribution in [0.4, 0.5) is 0 Å².